The smallest absolute Gasteiger partial charge is 0.342 e. The number of H-pyrrole nitrogens is 1. The Hall–Kier alpha value is -4.12. The maximum atomic E-state index is 12.3. The Balaban J connectivity index is 2.40. The van der Waals surface area contributed by atoms with Crippen LogP contribution in [-0.2, 0) is 0 Å². The molecule has 0 unspecified atom stereocenters. The van der Waals surface area contributed by atoms with Crippen LogP contribution in [0.5, 0.6) is 0 Å². The van der Waals surface area contributed by atoms with Crippen LogP contribution in [0.1, 0.15) is 26.3 Å². The monoisotopic (exact) mass is 441 g/mol. The average molecular weight is 441 g/mol. The van der Waals surface area contributed by atoms with E-state index in [-0.39, 0.29) is 5.56 Å². The summed E-state index contributed by atoms with van der Waals surface area (Å²) >= 11 is 1.13. The van der Waals surface area contributed by atoms with Crippen molar-refractivity contribution in [2.24, 2.45) is 0 Å². The third-order valence-corrected chi connectivity index (χ3v) is 5.45. The van der Waals surface area contributed by atoms with Gasteiger partial charge in [-0.25, -0.2) is 9.59 Å². The number of rotatable bonds is 6. The summed E-state index contributed by atoms with van der Waals surface area (Å²) in [4.78, 5) is 49.7. The fraction of sp³-hybridized carbons (Fsp3) is 0.0500. The summed E-state index contributed by atoms with van der Waals surface area (Å²) in [6, 6.07) is 10.8. The molecular formula is C20H15N3O7S. The lowest BCUT2D eigenvalue weighted by atomic mass is 9.95. The molecule has 0 aliphatic carbocycles. The van der Waals surface area contributed by atoms with E-state index in [0.717, 1.165) is 23.4 Å². The first-order valence-corrected chi connectivity index (χ1v) is 9.47. The molecule has 0 atom stereocenters. The Morgan fingerprint density at radius 2 is 1.68 bits per heavy atom. The van der Waals surface area contributed by atoms with Crippen LogP contribution in [0.3, 0.4) is 0 Å². The molecule has 0 fully saturated rings. The topological polar surface area (TPSA) is 177 Å². The molecule has 0 aliphatic rings. The number of hydrogen-bond donors (Lipinski definition) is 4. The number of aromatic carboxylic acids is 2. The molecule has 1 aromatic heterocycles. The predicted octanol–water partition coefficient (Wildman–Crippen LogP) is 3.39. The summed E-state index contributed by atoms with van der Waals surface area (Å²) in [6.45, 7) is 1.89. The summed E-state index contributed by atoms with van der Waals surface area (Å²) in [5, 5.41) is 30.6. The van der Waals surface area contributed by atoms with Crippen LogP contribution in [0.4, 0.5) is 11.5 Å². The first-order chi connectivity index (χ1) is 14.6. The van der Waals surface area contributed by atoms with E-state index in [1.807, 2.05) is 24.0 Å². The highest BCUT2D eigenvalue weighted by Gasteiger charge is 2.29. The average Bonchev–Trinajstić information content (AvgIpc) is 2.68. The van der Waals surface area contributed by atoms with Crippen LogP contribution in [0.25, 0.3) is 11.1 Å². The summed E-state index contributed by atoms with van der Waals surface area (Å²) in [6.07, 6.45) is 0. The molecule has 0 amide bonds. The van der Waals surface area contributed by atoms with Gasteiger partial charge in [0.1, 0.15) is 16.9 Å². The van der Waals surface area contributed by atoms with Crippen molar-refractivity contribution in [3.63, 3.8) is 0 Å². The summed E-state index contributed by atoms with van der Waals surface area (Å²) < 4.78 is 0. The number of nitrogens with one attached hydrogen (secondary N) is 1. The quantitative estimate of drug-likeness (QED) is 0.330. The van der Waals surface area contributed by atoms with Gasteiger partial charge in [0.05, 0.1) is 4.92 Å². The van der Waals surface area contributed by atoms with E-state index in [4.69, 9.17) is 5.73 Å². The van der Waals surface area contributed by atoms with E-state index in [1.54, 1.807) is 12.1 Å². The number of aromatic nitrogens is 1. The second-order valence-corrected chi connectivity index (χ2v) is 7.57. The van der Waals surface area contributed by atoms with Crippen LogP contribution in [0.2, 0.25) is 0 Å². The lowest BCUT2D eigenvalue weighted by molar-refractivity contribution is -0.384. The Bertz CT molecular complexity index is 1280. The number of aromatic amines is 1. The number of nitrogens with two attached hydrogens (primary N) is 1. The number of benzene rings is 2. The fourth-order valence-electron chi connectivity index (χ4n) is 2.97. The van der Waals surface area contributed by atoms with Crippen LogP contribution < -0.4 is 11.3 Å². The standard InChI is InChI=1S/C20H15N3O7S/c1-9-2-5-11(6-3-9)31-13-7-4-10(23(29)30)8-12(13)14-15(19(25)26)17(21)22-18(24)16(14)20(27)28/h2-8H,1H3,(H,25,26)(H,27,28)(H3,21,22,24). The Labute approximate surface area is 178 Å². The van der Waals surface area contributed by atoms with Gasteiger partial charge in [-0.2, -0.15) is 0 Å². The van der Waals surface area contributed by atoms with Gasteiger partial charge in [0.15, 0.2) is 0 Å². The minimum atomic E-state index is -1.70. The third kappa shape index (κ3) is 4.26. The molecular weight excluding hydrogens is 426 g/mol. The van der Waals surface area contributed by atoms with E-state index in [0.29, 0.717) is 9.79 Å². The molecule has 2 aromatic carbocycles. The van der Waals surface area contributed by atoms with Gasteiger partial charge in [0.2, 0.25) is 0 Å². The van der Waals surface area contributed by atoms with Gasteiger partial charge >= 0.3 is 11.9 Å². The molecule has 11 heteroatoms. The van der Waals surface area contributed by atoms with Crippen molar-refractivity contribution >= 4 is 35.2 Å². The van der Waals surface area contributed by atoms with Crippen molar-refractivity contribution in [2.75, 3.05) is 5.73 Å². The van der Waals surface area contributed by atoms with E-state index in [9.17, 15) is 34.7 Å². The minimum Gasteiger partial charge on any atom is -0.478 e. The summed E-state index contributed by atoms with van der Waals surface area (Å²) in [7, 11) is 0. The summed E-state index contributed by atoms with van der Waals surface area (Å²) in [5.41, 5.74) is 3.00. The van der Waals surface area contributed by atoms with E-state index < -0.39 is 50.6 Å². The largest absolute Gasteiger partial charge is 0.478 e. The Morgan fingerprint density at radius 1 is 1.06 bits per heavy atom. The van der Waals surface area contributed by atoms with Crippen molar-refractivity contribution in [1.82, 2.24) is 4.98 Å². The molecule has 0 bridgehead atoms. The van der Waals surface area contributed by atoms with E-state index >= 15 is 0 Å². The number of nitrogen functional groups attached to an aromatic ring is 1. The highest BCUT2D eigenvalue weighted by Crippen LogP contribution is 2.41. The molecule has 3 rings (SSSR count). The Kier molecular flexibility index (Phi) is 5.79. The first-order valence-electron chi connectivity index (χ1n) is 8.65. The van der Waals surface area contributed by atoms with Gasteiger partial charge in [-0.1, -0.05) is 29.5 Å². The number of nitrogens with zero attached hydrogens (tertiary/aromatic N) is 1. The number of non-ortho nitro benzene ring substituents is 1. The van der Waals surface area contributed by atoms with E-state index in [1.165, 1.54) is 12.1 Å². The van der Waals surface area contributed by atoms with Crippen LogP contribution in [-0.4, -0.2) is 32.1 Å². The second-order valence-electron chi connectivity index (χ2n) is 6.46. The lowest BCUT2D eigenvalue weighted by Crippen LogP contribution is -2.24. The van der Waals surface area contributed by atoms with E-state index in [2.05, 4.69) is 0 Å². The highest BCUT2D eigenvalue weighted by atomic mass is 32.2. The number of carbonyl (C=O) groups is 2. The molecule has 1 heterocycles. The fourth-order valence-corrected chi connectivity index (χ4v) is 3.90. The van der Waals surface area contributed by atoms with Gasteiger partial charge in [0, 0.05) is 33.1 Å². The number of carboxylic acids is 2. The molecule has 5 N–H and O–H groups in total. The number of hydrogen-bond acceptors (Lipinski definition) is 7. The molecule has 0 spiro atoms. The third-order valence-electron chi connectivity index (χ3n) is 4.36. The van der Waals surface area contributed by atoms with Crippen molar-refractivity contribution in [2.45, 2.75) is 16.7 Å². The minimum absolute atomic E-state index is 0.104. The molecule has 10 nitrogen and oxygen atoms in total. The SMILES string of the molecule is Cc1ccc(Sc2ccc([N+](=O)[O-])cc2-c2c(C(=O)O)c(N)[nH]c(=O)c2C(=O)O)cc1. The van der Waals surface area contributed by atoms with Crippen molar-refractivity contribution in [3.8, 4) is 11.1 Å². The van der Waals surface area contributed by atoms with Crippen LogP contribution in [0.15, 0.2) is 57.1 Å². The number of anilines is 1. The van der Waals surface area contributed by atoms with Crippen molar-refractivity contribution in [1.29, 1.82) is 0 Å². The molecule has 158 valence electrons. The molecule has 0 saturated carbocycles. The number of aryl methyl sites for hydroxylation is 1. The number of nitro groups is 1. The molecule has 0 aliphatic heterocycles. The van der Waals surface area contributed by atoms with Gasteiger partial charge in [-0.05, 0) is 25.1 Å². The molecule has 3 aromatic rings. The van der Waals surface area contributed by atoms with Gasteiger partial charge in [-0.15, -0.1) is 0 Å². The number of nitro benzene ring substituents is 1. The van der Waals surface area contributed by atoms with Crippen molar-refractivity contribution in [3.05, 3.63) is 79.6 Å². The molecule has 31 heavy (non-hydrogen) atoms. The van der Waals surface area contributed by atoms with Crippen molar-refractivity contribution < 1.29 is 24.7 Å². The Morgan fingerprint density at radius 3 is 2.23 bits per heavy atom. The normalized spacial score (nSPS) is 10.6. The number of pyridine rings is 1. The summed E-state index contributed by atoms with van der Waals surface area (Å²) in [5.74, 6) is -3.85. The van der Waals surface area contributed by atoms with Gasteiger partial charge in [0.25, 0.3) is 11.2 Å². The predicted molar refractivity (Wildman–Crippen MR) is 113 cm³/mol. The lowest BCUT2D eigenvalue weighted by Gasteiger charge is -2.15. The van der Waals surface area contributed by atoms with Crippen LogP contribution >= 0.6 is 11.8 Å². The zero-order valence-electron chi connectivity index (χ0n) is 15.9. The number of carboxylic acid groups (broad SMARTS) is 2. The maximum absolute atomic E-state index is 12.3. The highest BCUT2D eigenvalue weighted by molar-refractivity contribution is 7.99. The zero-order chi connectivity index (χ0) is 22.9. The van der Waals surface area contributed by atoms with Crippen LogP contribution in [0, 0.1) is 17.0 Å². The van der Waals surface area contributed by atoms with Gasteiger partial charge < -0.3 is 20.9 Å². The molecule has 0 saturated heterocycles. The maximum Gasteiger partial charge on any atom is 0.342 e. The first kappa shape index (κ1) is 21.6. The van der Waals surface area contributed by atoms with Gasteiger partial charge in [-0.3, -0.25) is 14.9 Å². The zero-order valence-corrected chi connectivity index (χ0v) is 16.7. The molecule has 0 radical (unpaired) electrons. The second kappa shape index (κ2) is 8.32.